The average Bonchev–Trinajstić information content (AvgIpc) is 2.89. The summed E-state index contributed by atoms with van der Waals surface area (Å²) in [4.78, 5) is 0. The highest BCUT2D eigenvalue weighted by atomic mass is 14.4. The van der Waals surface area contributed by atoms with Gasteiger partial charge in [-0.1, -0.05) is 98.3 Å². The molecule has 0 heteroatoms. The maximum Gasteiger partial charge on any atom is 0.0159 e. The molecule has 0 amide bonds. The Morgan fingerprint density at radius 2 is 1.31 bits per heavy atom. The van der Waals surface area contributed by atoms with Crippen molar-refractivity contribution in [2.75, 3.05) is 0 Å². The van der Waals surface area contributed by atoms with E-state index < -0.39 is 0 Å². The molecule has 0 N–H and O–H groups in total. The lowest BCUT2D eigenvalue weighted by atomic mass is 9.82. The van der Waals surface area contributed by atoms with Gasteiger partial charge in [0, 0.05) is 5.41 Å². The Morgan fingerprint density at radius 3 is 2.19 bits per heavy atom. The zero-order valence-electron chi connectivity index (χ0n) is 15.5. The maximum absolute atomic E-state index is 2.34. The highest BCUT2D eigenvalue weighted by molar-refractivity contribution is 6.02. The van der Waals surface area contributed by atoms with Gasteiger partial charge in [-0.05, 0) is 51.1 Å². The molecule has 0 saturated carbocycles. The summed E-state index contributed by atoms with van der Waals surface area (Å²) >= 11 is 0. The second kappa shape index (κ2) is 5.32. The lowest BCUT2D eigenvalue weighted by Gasteiger charge is -2.21. The number of aryl methyl sites for hydroxylation is 1. The largest absolute Gasteiger partial charge is 0.0619 e. The standard InChI is InChI=1S/C26H22/c1-17-14-15-19-18(16-17)8-6-10-20(19)21-11-7-13-24-25(21)22-9-4-5-12-23(22)26(24,2)3/h4-16H,1-3H3. The SMILES string of the molecule is Cc1ccc2c(-c3cccc4c3-c3ccccc3C4(C)C)cccc2c1. The summed E-state index contributed by atoms with van der Waals surface area (Å²) in [5.74, 6) is 0. The smallest absolute Gasteiger partial charge is 0.0159 e. The van der Waals surface area contributed by atoms with Gasteiger partial charge in [-0.3, -0.25) is 0 Å². The van der Waals surface area contributed by atoms with Gasteiger partial charge < -0.3 is 0 Å². The number of hydrogen-bond acceptors (Lipinski definition) is 0. The molecule has 0 atom stereocenters. The predicted molar refractivity (Wildman–Crippen MR) is 112 cm³/mol. The van der Waals surface area contributed by atoms with E-state index in [0.717, 1.165) is 0 Å². The second-order valence-corrected chi connectivity index (χ2v) is 7.93. The molecular formula is C26H22. The van der Waals surface area contributed by atoms with Crippen molar-refractivity contribution < 1.29 is 0 Å². The van der Waals surface area contributed by atoms with Crippen molar-refractivity contribution in [1.82, 2.24) is 0 Å². The van der Waals surface area contributed by atoms with E-state index in [4.69, 9.17) is 0 Å². The van der Waals surface area contributed by atoms with Crippen LogP contribution >= 0.6 is 0 Å². The molecule has 0 bridgehead atoms. The zero-order chi connectivity index (χ0) is 17.9. The Hall–Kier alpha value is -2.86. The van der Waals surface area contributed by atoms with Gasteiger partial charge in [0.15, 0.2) is 0 Å². The van der Waals surface area contributed by atoms with Crippen LogP contribution in [0.5, 0.6) is 0 Å². The van der Waals surface area contributed by atoms with Crippen LogP contribution in [0.4, 0.5) is 0 Å². The van der Waals surface area contributed by atoms with Gasteiger partial charge in [0.25, 0.3) is 0 Å². The van der Waals surface area contributed by atoms with E-state index in [9.17, 15) is 0 Å². The van der Waals surface area contributed by atoms with Crippen molar-refractivity contribution >= 4 is 10.8 Å². The molecule has 0 aromatic heterocycles. The van der Waals surface area contributed by atoms with E-state index in [1.807, 2.05) is 0 Å². The fourth-order valence-electron chi connectivity index (χ4n) is 4.62. The van der Waals surface area contributed by atoms with E-state index in [0.29, 0.717) is 0 Å². The van der Waals surface area contributed by atoms with Gasteiger partial charge in [0.2, 0.25) is 0 Å². The van der Waals surface area contributed by atoms with Crippen molar-refractivity contribution in [3.63, 3.8) is 0 Å². The normalized spacial score (nSPS) is 14.3. The third kappa shape index (κ3) is 2.02. The van der Waals surface area contributed by atoms with Crippen molar-refractivity contribution in [2.24, 2.45) is 0 Å². The fourth-order valence-corrected chi connectivity index (χ4v) is 4.62. The van der Waals surface area contributed by atoms with Gasteiger partial charge in [0.05, 0.1) is 0 Å². The summed E-state index contributed by atoms with van der Waals surface area (Å²) in [7, 11) is 0. The summed E-state index contributed by atoms with van der Waals surface area (Å²) in [6.07, 6.45) is 0. The third-order valence-corrected chi connectivity index (χ3v) is 5.93. The molecule has 4 aromatic carbocycles. The predicted octanol–water partition coefficient (Wildman–Crippen LogP) is 7.12. The molecule has 0 saturated heterocycles. The van der Waals surface area contributed by atoms with Gasteiger partial charge in [-0.15, -0.1) is 0 Å². The first-order valence-electron chi connectivity index (χ1n) is 9.30. The van der Waals surface area contributed by atoms with Gasteiger partial charge in [0.1, 0.15) is 0 Å². The van der Waals surface area contributed by atoms with Crippen LogP contribution in [-0.4, -0.2) is 0 Å². The van der Waals surface area contributed by atoms with Crippen molar-refractivity contribution in [3.05, 3.63) is 95.6 Å². The molecule has 0 nitrogen and oxygen atoms in total. The Morgan fingerprint density at radius 1 is 0.615 bits per heavy atom. The summed E-state index contributed by atoms with van der Waals surface area (Å²) < 4.78 is 0. The molecule has 4 aromatic rings. The first-order valence-corrected chi connectivity index (χ1v) is 9.30. The van der Waals surface area contributed by atoms with Crippen LogP contribution in [0.3, 0.4) is 0 Å². The van der Waals surface area contributed by atoms with Crippen molar-refractivity contribution in [3.8, 4) is 22.3 Å². The minimum atomic E-state index is 0.0448. The average molecular weight is 334 g/mol. The summed E-state index contributed by atoms with van der Waals surface area (Å²) in [5.41, 5.74) is 9.66. The number of fused-ring (bicyclic) bond motifs is 4. The van der Waals surface area contributed by atoms with Crippen LogP contribution in [0.1, 0.15) is 30.5 Å². The van der Waals surface area contributed by atoms with Gasteiger partial charge >= 0.3 is 0 Å². The van der Waals surface area contributed by atoms with E-state index >= 15 is 0 Å². The molecule has 26 heavy (non-hydrogen) atoms. The molecule has 0 aliphatic heterocycles. The van der Waals surface area contributed by atoms with Crippen LogP contribution in [0.25, 0.3) is 33.0 Å². The Bertz CT molecular complexity index is 1160. The van der Waals surface area contributed by atoms with Crippen LogP contribution < -0.4 is 0 Å². The molecule has 5 rings (SSSR count). The molecular weight excluding hydrogens is 312 g/mol. The zero-order valence-corrected chi connectivity index (χ0v) is 15.5. The number of benzene rings is 4. The molecule has 126 valence electrons. The van der Waals surface area contributed by atoms with E-state index in [1.165, 1.54) is 49.7 Å². The van der Waals surface area contributed by atoms with E-state index in [2.05, 4.69) is 99.6 Å². The van der Waals surface area contributed by atoms with Crippen LogP contribution in [0, 0.1) is 6.92 Å². The Balaban J connectivity index is 1.88. The molecule has 0 spiro atoms. The second-order valence-electron chi connectivity index (χ2n) is 7.93. The van der Waals surface area contributed by atoms with Crippen molar-refractivity contribution in [1.29, 1.82) is 0 Å². The van der Waals surface area contributed by atoms with E-state index in [1.54, 1.807) is 0 Å². The number of hydrogen-bond donors (Lipinski definition) is 0. The summed E-state index contributed by atoms with van der Waals surface area (Å²) in [6, 6.07) is 29.1. The summed E-state index contributed by atoms with van der Waals surface area (Å²) in [6.45, 7) is 6.84. The van der Waals surface area contributed by atoms with Crippen LogP contribution in [-0.2, 0) is 5.41 Å². The highest BCUT2D eigenvalue weighted by Crippen LogP contribution is 2.52. The number of rotatable bonds is 1. The lowest BCUT2D eigenvalue weighted by molar-refractivity contribution is 0.660. The van der Waals surface area contributed by atoms with Crippen molar-refractivity contribution in [2.45, 2.75) is 26.2 Å². The lowest BCUT2D eigenvalue weighted by Crippen LogP contribution is -2.14. The molecule has 1 aliphatic rings. The first-order chi connectivity index (χ1) is 12.6. The van der Waals surface area contributed by atoms with Crippen LogP contribution in [0.15, 0.2) is 78.9 Å². The molecule has 0 radical (unpaired) electrons. The molecule has 1 aliphatic carbocycles. The topological polar surface area (TPSA) is 0 Å². The first kappa shape index (κ1) is 15.4. The third-order valence-electron chi connectivity index (χ3n) is 5.93. The molecule has 0 fully saturated rings. The summed E-state index contributed by atoms with van der Waals surface area (Å²) in [5, 5.41) is 2.64. The molecule has 0 heterocycles. The van der Waals surface area contributed by atoms with Crippen LogP contribution in [0.2, 0.25) is 0 Å². The van der Waals surface area contributed by atoms with Gasteiger partial charge in [-0.25, -0.2) is 0 Å². The maximum atomic E-state index is 2.34. The Labute approximate surface area is 155 Å². The fraction of sp³-hybridized carbons (Fsp3) is 0.154. The van der Waals surface area contributed by atoms with Gasteiger partial charge in [-0.2, -0.15) is 0 Å². The monoisotopic (exact) mass is 334 g/mol. The Kier molecular flexibility index (Phi) is 3.15. The van der Waals surface area contributed by atoms with E-state index in [-0.39, 0.29) is 5.41 Å². The minimum Gasteiger partial charge on any atom is -0.0619 e. The minimum absolute atomic E-state index is 0.0448. The quantitative estimate of drug-likeness (QED) is 0.347. The highest BCUT2D eigenvalue weighted by Gasteiger charge is 2.36. The molecule has 0 unspecified atom stereocenters.